The lowest BCUT2D eigenvalue weighted by Crippen LogP contribution is -2.43. The number of amides is 1. The lowest BCUT2D eigenvalue weighted by molar-refractivity contribution is -0.137. The number of hydrogen-bond donors (Lipinski definition) is 1. The van der Waals surface area contributed by atoms with Gasteiger partial charge < -0.3 is 10.6 Å². The molecule has 2 aromatic heterocycles. The fourth-order valence-electron chi connectivity index (χ4n) is 3.55. The zero-order chi connectivity index (χ0) is 22.3. The molecule has 1 aliphatic rings. The van der Waals surface area contributed by atoms with Gasteiger partial charge in [-0.05, 0) is 43.3 Å². The molecule has 0 saturated carbocycles. The zero-order valence-corrected chi connectivity index (χ0v) is 16.4. The van der Waals surface area contributed by atoms with Gasteiger partial charge in [0.1, 0.15) is 11.5 Å². The molecule has 0 spiro atoms. The number of ketones is 1. The summed E-state index contributed by atoms with van der Waals surface area (Å²) in [5.74, 6) is -0.389. The first-order chi connectivity index (χ1) is 14.6. The van der Waals surface area contributed by atoms with Crippen LogP contribution in [0, 0.1) is 0 Å². The number of nitrogens with two attached hydrogens (primary N) is 1. The van der Waals surface area contributed by atoms with Crippen LogP contribution in [0.2, 0.25) is 0 Å². The Labute approximate surface area is 175 Å². The molecule has 0 bridgehead atoms. The summed E-state index contributed by atoms with van der Waals surface area (Å²) in [7, 11) is 0. The number of carbonyl (C=O) groups excluding carboxylic acids is 2. The minimum Gasteiger partial charge on any atom is -0.384 e. The van der Waals surface area contributed by atoms with Gasteiger partial charge in [0.2, 0.25) is 0 Å². The second kappa shape index (κ2) is 7.53. The van der Waals surface area contributed by atoms with E-state index in [1.54, 1.807) is 10.7 Å². The minimum atomic E-state index is -4.46. The van der Waals surface area contributed by atoms with Gasteiger partial charge in [-0.15, -0.1) is 0 Å². The van der Waals surface area contributed by atoms with Gasteiger partial charge in [0.05, 0.1) is 17.8 Å². The van der Waals surface area contributed by atoms with Crippen LogP contribution in [0.4, 0.5) is 24.7 Å². The standard InChI is InChI=1S/C21H18F3N5O2/c1-12-11-28(16-5-3-15(4-6-16)21(22,23)24)20(31)19-14(10-27-29(12)19)8-17(30)13-2-7-18(25)26-9-13/h2-7,9-10,12H,8,11H2,1H3,(H2,25,26)/t12-/m0/s1. The number of Topliss-reactive ketones (excluding diaryl/α,β-unsaturated/α-hetero) is 1. The maximum atomic E-state index is 13.2. The van der Waals surface area contributed by atoms with E-state index in [0.717, 1.165) is 12.1 Å². The van der Waals surface area contributed by atoms with Crippen molar-refractivity contribution in [3.63, 3.8) is 0 Å². The lowest BCUT2D eigenvalue weighted by Gasteiger charge is -2.32. The number of fused-ring (bicyclic) bond motifs is 1. The summed E-state index contributed by atoms with van der Waals surface area (Å²) >= 11 is 0. The number of alkyl halides is 3. The fraction of sp³-hybridized carbons (Fsp3) is 0.238. The van der Waals surface area contributed by atoms with Gasteiger partial charge in [-0.25, -0.2) is 4.98 Å². The monoisotopic (exact) mass is 429 g/mol. The second-order valence-electron chi connectivity index (χ2n) is 7.34. The third-order valence-corrected chi connectivity index (χ3v) is 5.15. The smallest absolute Gasteiger partial charge is 0.384 e. The molecule has 10 heteroatoms. The number of anilines is 2. The summed E-state index contributed by atoms with van der Waals surface area (Å²) in [6.07, 6.45) is -1.68. The van der Waals surface area contributed by atoms with E-state index in [1.807, 2.05) is 6.92 Å². The first kappa shape index (κ1) is 20.6. The first-order valence-electron chi connectivity index (χ1n) is 9.45. The van der Waals surface area contributed by atoms with Crippen molar-refractivity contribution in [2.75, 3.05) is 17.2 Å². The maximum absolute atomic E-state index is 13.2. The summed E-state index contributed by atoms with van der Waals surface area (Å²) in [5, 5.41) is 4.26. The van der Waals surface area contributed by atoms with Crippen molar-refractivity contribution in [1.29, 1.82) is 0 Å². The molecule has 160 valence electrons. The molecule has 4 rings (SSSR count). The largest absolute Gasteiger partial charge is 0.416 e. The maximum Gasteiger partial charge on any atom is 0.416 e. The number of hydrogen-bond acceptors (Lipinski definition) is 5. The second-order valence-corrected chi connectivity index (χ2v) is 7.34. The predicted molar refractivity (Wildman–Crippen MR) is 107 cm³/mol. The molecule has 31 heavy (non-hydrogen) atoms. The SMILES string of the molecule is C[C@H]1CN(c2ccc(C(F)(F)F)cc2)C(=O)c2c(CC(=O)c3ccc(N)nc3)cnn21. The number of carbonyl (C=O) groups is 2. The Kier molecular flexibility index (Phi) is 5.00. The quantitative estimate of drug-likeness (QED) is 0.641. The Morgan fingerprint density at radius 2 is 1.87 bits per heavy atom. The molecule has 7 nitrogen and oxygen atoms in total. The van der Waals surface area contributed by atoms with E-state index in [9.17, 15) is 22.8 Å². The predicted octanol–water partition coefficient (Wildman–Crippen LogP) is 3.53. The highest BCUT2D eigenvalue weighted by atomic mass is 19.4. The van der Waals surface area contributed by atoms with Gasteiger partial charge in [-0.2, -0.15) is 18.3 Å². The normalized spacial score (nSPS) is 16.3. The highest BCUT2D eigenvalue weighted by molar-refractivity contribution is 6.08. The van der Waals surface area contributed by atoms with Crippen molar-refractivity contribution in [1.82, 2.24) is 14.8 Å². The molecule has 2 N–H and O–H groups in total. The molecule has 1 aliphatic heterocycles. The Bertz CT molecular complexity index is 1140. The van der Waals surface area contributed by atoms with Gasteiger partial charge in [0.15, 0.2) is 5.78 Å². The van der Waals surface area contributed by atoms with Crippen LogP contribution < -0.4 is 10.6 Å². The molecule has 0 saturated heterocycles. The molecular formula is C21H18F3N5O2. The van der Waals surface area contributed by atoms with Crippen molar-refractivity contribution < 1.29 is 22.8 Å². The molecule has 1 aromatic carbocycles. The summed E-state index contributed by atoms with van der Waals surface area (Å²) in [6, 6.07) is 7.27. The molecule has 1 atom stereocenters. The number of benzene rings is 1. The van der Waals surface area contributed by atoms with Crippen molar-refractivity contribution >= 4 is 23.2 Å². The highest BCUT2D eigenvalue weighted by Crippen LogP contribution is 2.33. The van der Waals surface area contributed by atoms with Crippen LogP contribution in [0.3, 0.4) is 0 Å². The van der Waals surface area contributed by atoms with Crippen LogP contribution in [-0.4, -0.2) is 33.0 Å². The van der Waals surface area contributed by atoms with Gasteiger partial charge in [-0.1, -0.05) is 0 Å². The number of halogens is 3. The number of nitrogen functional groups attached to an aromatic ring is 1. The molecule has 1 amide bonds. The van der Waals surface area contributed by atoms with Crippen LogP contribution in [0.25, 0.3) is 0 Å². The third kappa shape index (κ3) is 3.88. The van der Waals surface area contributed by atoms with E-state index in [0.29, 0.717) is 16.8 Å². The third-order valence-electron chi connectivity index (χ3n) is 5.15. The van der Waals surface area contributed by atoms with Crippen LogP contribution in [0.5, 0.6) is 0 Å². The number of nitrogens with zero attached hydrogens (tertiary/aromatic N) is 4. The summed E-state index contributed by atoms with van der Waals surface area (Å²) in [5.41, 5.74) is 6.14. The number of aromatic nitrogens is 3. The number of pyridine rings is 1. The van der Waals surface area contributed by atoms with E-state index < -0.39 is 17.6 Å². The van der Waals surface area contributed by atoms with Gasteiger partial charge in [0, 0.05) is 36.0 Å². The van der Waals surface area contributed by atoms with E-state index in [-0.39, 0.29) is 36.3 Å². The lowest BCUT2D eigenvalue weighted by atomic mass is 10.0. The molecular weight excluding hydrogens is 411 g/mol. The van der Waals surface area contributed by atoms with E-state index in [4.69, 9.17) is 5.73 Å². The van der Waals surface area contributed by atoms with Crippen molar-refractivity contribution in [2.45, 2.75) is 25.6 Å². The average Bonchev–Trinajstić information content (AvgIpc) is 3.15. The highest BCUT2D eigenvalue weighted by Gasteiger charge is 2.35. The molecule has 0 aliphatic carbocycles. The van der Waals surface area contributed by atoms with Crippen LogP contribution in [0.15, 0.2) is 48.8 Å². The Morgan fingerprint density at radius 3 is 2.48 bits per heavy atom. The van der Waals surface area contributed by atoms with Crippen molar-refractivity contribution in [3.8, 4) is 0 Å². The molecule has 0 radical (unpaired) electrons. The molecule has 3 aromatic rings. The van der Waals surface area contributed by atoms with Crippen LogP contribution >= 0.6 is 0 Å². The topological polar surface area (TPSA) is 94.1 Å². The van der Waals surface area contributed by atoms with Crippen LogP contribution in [-0.2, 0) is 12.6 Å². The summed E-state index contributed by atoms with van der Waals surface area (Å²) < 4.78 is 40.1. The van der Waals surface area contributed by atoms with Gasteiger partial charge in [0.25, 0.3) is 5.91 Å². The minimum absolute atomic E-state index is 0.0692. The van der Waals surface area contributed by atoms with Crippen molar-refractivity contribution in [2.24, 2.45) is 0 Å². The average molecular weight is 429 g/mol. The van der Waals surface area contributed by atoms with Gasteiger partial charge in [-0.3, -0.25) is 14.3 Å². The Balaban J connectivity index is 1.62. The number of rotatable bonds is 4. The Morgan fingerprint density at radius 1 is 1.16 bits per heavy atom. The molecule has 0 fully saturated rings. The zero-order valence-electron chi connectivity index (χ0n) is 16.4. The Hall–Kier alpha value is -3.69. The molecule has 3 heterocycles. The fourth-order valence-corrected chi connectivity index (χ4v) is 3.55. The molecule has 0 unspecified atom stereocenters. The van der Waals surface area contributed by atoms with Crippen molar-refractivity contribution in [3.05, 3.63) is 71.2 Å². The van der Waals surface area contributed by atoms with E-state index in [2.05, 4.69) is 10.1 Å². The summed E-state index contributed by atoms with van der Waals surface area (Å²) in [4.78, 5) is 31.1. The summed E-state index contributed by atoms with van der Waals surface area (Å²) in [6.45, 7) is 2.09. The first-order valence-corrected chi connectivity index (χ1v) is 9.45. The van der Waals surface area contributed by atoms with Gasteiger partial charge >= 0.3 is 6.18 Å². The van der Waals surface area contributed by atoms with Crippen LogP contribution in [0.1, 0.15) is 44.9 Å². The van der Waals surface area contributed by atoms with E-state index >= 15 is 0 Å². The van der Waals surface area contributed by atoms with E-state index in [1.165, 1.54) is 35.5 Å².